The Kier molecular flexibility index (Phi) is 4.58. The van der Waals surface area contributed by atoms with Crippen LogP contribution in [0.1, 0.15) is 32.1 Å². The van der Waals surface area contributed by atoms with Gasteiger partial charge in [0.1, 0.15) is 16.0 Å². The van der Waals surface area contributed by atoms with E-state index in [2.05, 4.69) is 31.2 Å². The fourth-order valence-electron chi connectivity index (χ4n) is 3.51. The van der Waals surface area contributed by atoms with Gasteiger partial charge in [-0.05, 0) is 34.8 Å². The Hall–Kier alpha value is -2.48. The van der Waals surface area contributed by atoms with Gasteiger partial charge in [-0.3, -0.25) is 10.1 Å². The fraction of sp³-hybridized carbons (Fsp3) is 0.333. The molecule has 1 fully saturated rings. The molecule has 7 nitrogen and oxygen atoms in total. The van der Waals surface area contributed by atoms with E-state index in [1.54, 1.807) is 24.5 Å². The summed E-state index contributed by atoms with van der Waals surface area (Å²) in [6.45, 7) is 0. The molecule has 0 saturated heterocycles. The van der Waals surface area contributed by atoms with Gasteiger partial charge in [-0.15, -0.1) is 0 Å². The monoisotopic (exact) mass is 415 g/mol. The summed E-state index contributed by atoms with van der Waals surface area (Å²) in [7, 11) is 0. The van der Waals surface area contributed by atoms with Gasteiger partial charge in [-0.1, -0.05) is 25.3 Å². The number of imidazole rings is 1. The van der Waals surface area contributed by atoms with Gasteiger partial charge in [0.05, 0.1) is 4.92 Å². The molecule has 0 unspecified atom stereocenters. The summed E-state index contributed by atoms with van der Waals surface area (Å²) in [4.78, 5) is 20.1. The number of hydrogen-bond acceptors (Lipinski definition) is 5. The third kappa shape index (κ3) is 3.29. The third-order valence-corrected chi connectivity index (χ3v) is 5.16. The molecule has 0 atom stereocenters. The number of nitro benzene ring substituents is 1. The lowest BCUT2D eigenvalue weighted by Gasteiger charge is -2.23. The van der Waals surface area contributed by atoms with Crippen LogP contribution < -0.4 is 5.32 Å². The zero-order valence-corrected chi connectivity index (χ0v) is 15.6. The van der Waals surface area contributed by atoms with E-state index in [4.69, 9.17) is 0 Å². The smallest absolute Gasteiger partial charge is 0.293 e. The first-order valence-corrected chi connectivity index (χ1v) is 9.45. The Morgan fingerprint density at radius 1 is 1.27 bits per heavy atom. The molecule has 2 aromatic heterocycles. The van der Waals surface area contributed by atoms with Gasteiger partial charge in [0.25, 0.3) is 5.69 Å². The summed E-state index contributed by atoms with van der Waals surface area (Å²) in [5, 5.41) is 15.0. The van der Waals surface area contributed by atoms with Crippen LogP contribution in [0.5, 0.6) is 0 Å². The lowest BCUT2D eigenvalue weighted by atomic mass is 9.95. The number of nitrogens with zero attached hydrogens (tertiary/aromatic N) is 4. The number of rotatable bonds is 4. The zero-order chi connectivity index (χ0) is 18.1. The van der Waals surface area contributed by atoms with Gasteiger partial charge < -0.3 is 9.72 Å². The minimum absolute atomic E-state index is 0.0690. The minimum Gasteiger partial charge on any atom is -0.377 e. The number of anilines is 1. The molecule has 1 aliphatic carbocycles. The third-order valence-electron chi connectivity index (χ3n) is 4.78. The van der Waals surface area contributed by atoms with Crippen molar-refractivity contribution in [2.75, 3.05) is 5.32 Å². The van der Waals surface area contributed by atoms with Crippen LogP contribution in [0.4, 0.5) is 11.4 Å². The van der Waals surface area contributed by atoms with Gasteiger partial charge in [0.2, 0.25) is 0 Å². The Bertz CT molecular complexity index is 965. The second kappa shape index (κ2) is 7.03. The van der Waals surface area contributed by atoms with E-state index in [9.17, 15) is 10.1 Å². The Morgan fingerprint density at radius 3 is 2.85 bits per heavy atom. The van der Waals surface area contributed by atoms with Crippen LogP contribution >= 0.6 is 15.9 Å². The number of hydrogen-bond donors (Lipinski definition) is 1. The first-order chi connectivity index (χ1) is 12.6. The molecule has 134 valence electrons. The Balaban J connectivity index is 1.74. The van der Waals surface area contributed by atoms with Gasteiger partial charge in [-0.2, -0.15) is 0 Å². The van der Waals surface area contributed by atoms with Crippen molar-refractivity contribution in [1.29, 1.82) is 0 Å². The highest BCUT2D eigenvalue weighted by molar-refractivity contribution is 9.10. The zero-order valence-electron chi connectivity index (χ0n) is 14.1. The molecule has 1 N–H and O–H groups in total. The summed E-state index contributed by atoms with van der Waals surface area (Å²) >= 11 is 3.39. The van der Waals surface area contributed by atoms with E-state index < -0.39 is 0 Å². The Morgan fingerprint density at radius 2 is 2.08 bits per heavy atom. The normalized spacial score (nSPS) is 15.3. The van der Waals surface area contributed by atoms with Crippen molar-refractivity contribution in [2.24, 2.45) is 0 Å². The average Bonchev–Trinajstić information content (AvgIpc) is 3.10. The minimum atomic E-state index is -0.338. The van der Waals surface area contributed by atoms with E-state index >= 15 is 0 Å². The van der Waals surface area contributed by atoms with Crippen LogP contribution in [0.2, 0.25) is 0 Å². The number of benzene rings is 1. The molecule has 3 aromatic rings. The molecule has 0 radical (unpaired) electrons. The molecule has 0 amide bonds. The summed E-state index contributed by atoms with van der Waals surface area (Å²) in [5.74, 6) is 0. The van der Waals surface area contributed by atoms with E-state index in [1.807, 2.05) is 16.7 Å². The summed E-state index contributed by atoms with van der Waals surface area (Å²) in [6.07, 6.45) is 11.0. The van der Waals surface area contributed by atoms with Crippen LogP contribution in [0.3, 0.4) is 0 Å². The van der Waals surface area contributed by atoms with Gasteiger partial charge in [-0.25, -0.2) is 9.97 Å². The molecule has 1 saturated carbocycles. The van der Waals surface area contributed by atoms with E-state index in [1.165, 1.54) is 19.3 Å². The molecule has 0 aliphatic heterocycles. The number of aromatic nitrogens is 3. The van der Waals surface area contributed by atoms with Crippen molar-refractivity contribution in [1.82, 2.24) is 14.4 Å². The first kappa shape index (κ1) is 17.0. The standard InChI is InChI=1S/C18H18BrN5O2/c19-16-11-23-9-8-20-18(23)17(22-16)12-6-7-14(15(10-12)24(25)26)21-13-4-2-1-3-5-13/h6-11,13,21H,1-5H2. The maximum atomic E-state index is 11.6. The highest BCUT2D eigenvalue weighted by Gasteiger charge is 2.21. The molecule has 1 aromatic carbocycles. The molecule has 8 heteroatoms. The molecular formula is C18H18BrN5O2. The van der Waals surface area contributed by atoms with Crippen molar-refractivity contribution in [3.63, 3.8) is 0 Å². The summed E-state index contributed by atoms with van der Waals surface area (Å²) < 4.78 is 2.48. The molecule has 0 spiro atoms. The second-order valence-electron chi connectivity index (χ2n) is 6.54. The van der Waals surface area contributed by atoms with Crippen LogP contribution in [0.25, 0.3) is 16.9 Å². The van der Waals surface area contributed by atoms with Crippen molar-refractivity contribution >= 4 is 33.0 Å². The predicted molar refractivity (Wildman–Crippen MR) is 103 cm³/mol. The maximum absolute atomic E-state index is 11.6. The van der Waals surface area contributed by atoms with Gasteiger partial charge >= 0.3 is 0 Å². The quantitative estimate of drug-likeness (QED) is 0.487. The van der Waals surface area contributed by atoms with E-state index in [0.29, 0.717) is 33.2 Å². The average molecular weight is 416 g/mol. The van der Waals surface area contributed by atoms with Crippen LogP contribution in [-0.4, -0.2) is 25.3 Å². The number of nitrogens with one attached hydrogen (secondary N) is 1. The lowest BCUT2D eigenvalue weighted by molar-refractivity contribution is -0.383. The Labute approximate surface area is 158 Å². The predicted octanol–water partition coefficient (Wildman–Crippen LogP) is 4.81. The highest BCUT2D eigenvalue weighted by Crippen LogP contribution is 2.33. The van der Waals surface area contributed by atoms with Crippen molar-refractivity contribution in [2.45, 2.75) is 38.1 Å². The van der Waals surface area contributed by atoms with E-state index in [-0.39, 0.29) is 10.6 Å². The molecular weight excluding hydrogens is 398 g/mol. The van der Waals surface area contributed by atoms with Crippen molar-refractivity contribution < 1.29 is 4.92 Å². The number of fused-ring (bicyclic) bond motifs is 1. The van der Waals surface area contributed by atoms with Crippen LogP contribution in [0.15, 0.2) is 41.4 Å². The molecule has 2 heterocycles. The maximum Gasteiger partial charge on any atom is 0.293 e. The van der Waals surface area contributed by atoms with Gasteiger partial charge in [0, 0.05) is 36.3 Å². The van der Waals surface area contributed by atoms with Crippen molar-refractivity contribution in [3.8, 4) is 11.3 Å². The second-order valence-corrected chi connectivity index (χ2v) is 7.35. The number of halogens is 1. The SMILES string of the molecule is O=[N+]([O-])c1cc(-c2nc(Br)cn3ccnc23)ccc1NC1CCCCC1. The molecule has 26 heavy (non-hydrogen) atoms. The largest absolute Gasteiger partial charge is 0.377 e. The van der Waals surface area contributed by atoms with Crippen LogP contribution in [-0.2, 0) is 0 Å². The first-order valence-electron chi connectivity index (χ1n) is 8.66. The highest BCUT2D eigenvalue weighted by atomic mass is 79.9. The molecule has 1 aliphatic rings. The number of nitro groups is 1. The van der Waals surface area contributed by atoms with Gasteiger partial charge in [0.15, 0.2) is 5.65 Å². The lowest BCUT2D eigenvalue weighted by Crippen LogP contribution is -2.22. The van der Waals surface area contributed by atoms with E-state index in [0.717, 1.165) is 12.8 Å². The molecule has 0 bridgehead atoms. The molecule has 4 rings (SSSR count). The summed E-state index contributed by atoms with van der Waals surface area (Å²) in [5.41, 5.74) is 2.58. The fourth-order valence-corrected chi connectivity index (χ4v) is 3.91. The van der Waals surface area contributed by atoms with Crippen LogP contribution in [0, 0.1) is 10.1 Å². The topological polar surface area (TPSA) is 85.4 Å². The summed E-state index contributed by atoms with van der Waals surface area (Å²) in [6, 6.07) is 5.52. The van der Waals surface area contributed by atoms with Crippen molar-refractivity contribution in [3.05, 3.63) is 51.5 Å².